The summed E-state index contributed by atoms with van der Waals surface area (Å²) in [6.07, 6.45) is 17.9. The summed E-state index contributed by atoms with van der Waals surface area (Å²) in [5, 5.41) is 0. The normalized spacial score (nSPS) is 16.2. The summed E-state index contributed by atoms with van der Waals surface area (Å²) < 4.78 is 193. The zero-order valence-corrected chi connectivity index (χ0v) is 66.2. The molecule has 0 saturated carbocycles. The Morgan fingerprint density at radius 2 is 0.980 bits per heavy atom. The third-order valence-corrected chi connectivity index (χ3v) is 20.8. The van der Waals surface area contributed by atoms with Crippen LogP contribution < -0.4 is 4.57 Å². The second-order valence-corrected chi connectivity index (χ2v) is 35.2. The van der Waals surface area contributed by atoms with E-state index in [-0.39, 0.29) is 43.1 Å². The number of aryl methyl sites for hydroxylation is 1. The molecule has 1 fully saturated rings. The van der Waals surface area contributed by atoms with Gasteiger partial charge in [-0.15, -0.1) is 0 Å². The number of pyridine rings is 1. The van der Waals surface area contributed by atoms with Crippen LogP contribution in [0.5, 0.6) is 0 Å². The molecule has 1 unspecified atom stereocenters. The van der Waals surface area contributed by atoms with Crippen LogP contribution in [0.4, 0.5) is 0 Å². The number of carbonyl (C=O) groups is 2. The van der Waals surface area contributed by atoms with E-state index in [1.807, 2.05) is 88.6 Å². The van der Waals surface area contributed by atoms with Gasteiger partial charge in [0.25, 0.3) is 0 Å². The van der Waals surface area contributed by atoms with Crippen LogP contribution in [-0.4, -0.2) is 290 Å². The Morgan fingerprint density at radius 3 is 1.47 bits per heavy atom. The Kier molecular flexibility index (Phi) is 48.6. The molecule has 33 heteroatoms. The molecular formula is C69H122N6O22S5. The lowest BCUT2D eigenvalue weighted by atomic mass is 10.0. The molecule has 1 aliphatic rings. The van der Waals surface area contributed by atoms with Gasteiger partial charge in [0.05, 0.1) is 158 Å². The van der Waals surface area contributed by atoms with Crippen LogP contribution in [0.15, 0.2) is 84.7 Å². The lowest BCUT2D eigenvalue weighted by Crippen LogP contribution is -2.69. The minimum atomic E-state index is -4.37. The second-order valence-electron chi connectivity index (χ2n) is 27.6. The number of aliphatic imine (C=N–C) groups is 1. The quantitative estimate of drug-likeness (QED) is 0.0150. The Bertz CT molecular complexity index is 3330. The molecule has 0 aliphatic carbocycles. The van der Waals surface area contributed by atoms with E-state index in [0.29, 0.717) is 140 Å². The van der Waals surface area contributed by atoms with Crippen molar-refractivity contribution < 1.29 is 121 Å². The number of quaternary nitrogens is 4. The van der Waals surface area contributed by atoms with Crippen molar-refractivity contribution in [1.29, 1.82) is 0 Å². The number of hydrogen-bond acceptors (Lipinski definition) is 23. The first kappa shape index (κ1) is 97.5. The van der Waals surface area contributed by atoms with Crippen molar-refractivity contribution in [3.8, 4) is 0 Å². The molecule has 1 aliphatic heterocycles. The predicted octanol–water partition coefficient (Wildman–Crippen LogP) is 5.51. The van der Waals surface area contributed by atoms with Crippen molar-refractivity contribution in [3.63, 3.8) is 0 Å². The van der Waals surface area contributed by atoms with Gasteiger partial charge in [0, 0.05) is 96.3 Å². The highest BCUT2D eigenvalue weighted by Crippen LogP contribution is 2.29. The molecule has 2 heterocycles. The van der Waals surface area contributed by atoms with Gasteiger partial charge in [0.15, 0.2) is 18.9 Å². The van der Waals surface area contributed by atoms with Crippen molar-refractivity contribution in [2.75, 3.05) is 182 Å². The molecule has 1 aromatic heterocycles. The minimum absolute atomic E-state index is 0.169. The first-order valence-corrected chi connectivity index (χ1v) is 42.8. The molecule has 1 saturated heterocycles. The van der Waals surface area contributed by atoms with Gasteiger partial charge in [-0.05, 0) is 57.4 Å². The summed E-state index contributed by atoms with van der Waals surface area (Å²) in [5.41, 5.74) is 3.74. The second kappa shape index (κ2) is 50.9. The third-order valence-electron chi connectivity index (χ3n) is 17.0. The van der Waals surface area contributed by atoms with Gasteiger partial charge in [0.2, 0.25) is 6.23 Å². The molecule has 1 atom stereocenters. The fourth-order valence-electron chi connectivity index (χ4n) is 10.8. The van der Waals surface area contributed by atoms with Crippen molar-refractivity contribution in [3.05, 3.63) is 96.4 Å². The molecular weight excluding hydrogens is 1430 g/mol. The Labute approximate surface area is 612 Å². The number of rotatable bonds is 52. The van der Waals surface area contributed by atoms with E-state index < -0.39 is 80.3 Å². The Balaban J connectivity index is 0.00000141. The zero-order chi connectivity index (χ0) is 77.6. The third kappa shape index (κ3) is 55.0. The van der Waals surface area contributed by atoms with E-state index in [9.17, 15) is 74.4 Å². The molecule has 3 rings (SSSR count). The molecule has 1 aromatic carbocycles. The maximum absolute atomic E-state index is 12.6. The van der Waals surface area contributed by atoms with Crippen molar-refractivity contribution in [1.82, 2.24) is 0 Å². The summed E-state index contributed by atoms with van der Waals surface area (Å²) in [5.74, 6) is -2.71. The van der Waals surface area contributed by atoms with Gasteiger partial charge in [-0.2, -0.15) is 0 Å². The van der Waals surface area contributed by atoms with Crippen LogP contribution in [-0.2, 0) is 96.8 Å². The largest absolute Gasteiger partial charge is 0.748 e. The maximum atomic E-state index is 12.6. The van der Waals surface area contributed by atoms with Crippen LogP contribution in [0.3, 0.4) is 0 Å². The molecule has 0 radical (unpaired) electrons. The van der Waals surface area contributed by atoms with Crippen molar-refractivity contribution in [2.45, 2.75) is 136 Å². The maximum Gasteiger partial charge on any atom is 0.337 e. The standard InChI is InChI=1S/C26H50N2O8S2.C18H35NO8S.C16H17NO3S.C9H20N2O3S/c1-5-6-7-8-9-10-11-12-15-25(36-26(29)24(2)3)28(17-14-23-38(33,34)35)20-18-27(4,19-21-28)16-13-22-37(30,31)32;1-17(2)18(20)27-15-14-26-13-12-25-11-10-24-9-8-19(3,4)7-5-6-16-28(21,22)23;1-2-14-3-5-16(6-4-14)13-17-10-7-15(8-11-17)9-12-21(18,19)20;1-10-6-4-7-11(2,3)8-5-9-15(12,13)14/h25H,2,5-23H2,1,3-4H3;1,5-16H2,2-4H3;2-8,10-11H,1,9,12-13H2;1,4-9H2,2-3H3. The summed E-state index contributed by atoms with van der Waals surface area (Å²) in [6, 6.07) is 11.8. The van der Waals surface area contributed by atoms with E-state index >= 15 is 0 Å². The number of hydrogen-bond donors (Lipinski definition) is 0. The molecule has 0 bridgehead atoms. The molecule has 590 valence electrons. The average Bonchev–Trinajstić information content (AvgIpc) is 0.782. The van der Waals surface area contributed by atoms with Gasteiger partial charge >= 0.3 is 11.9 Å². The number of ether oxygens (including phenoxy) is 5. The lowest BCUT2D eigenvalue weighted by Gasteiger charge is -2.51. The Morgan fingerprint density at radius 1 is 0.539 bits per heavy atom. The van der Waals surface area contributed by atoms with Gasteiger partial charge in [0.1, 0.15) is 39.3 Å². The predicted molar refractivity (Wildman–Crippen MR) is 390 cm³/mol. The number of likely N-dealkylation sites (N-methyl/N-ethyl adjacent to an activating group) is 2. The van der Waals surface area contributed by atoms with Gasteiger partial charge in [-0.3, -0.25) is 4.48 Å². The van der Waals surface area contributed by atoms with E-state index in [1.54, 1.807) is 19.9 Å². The van der Waals surface area contributed by atoms with Crippen molar-refractivity contribution >= 4 is 75.3 Å². The fourth-order valence-corrected chi connectivity index (χ4v) is 13.2. The van der Waals surface area contributed by atoms with Crippen LogP contribution in [0.1, 0.15) is 134 Å². The molecule has 0 amide bonds. The van der Waals surface area contributed by atoms with Crippen LogP contribution in [0, 0.1) is 0 Å². The lowest BCUT2D eigenvalue weighted by molar-refractivity contribution is -1.04. The SMILES string of the molecule is C=C(C)C(=O)OC(CCCCCCCCCC)[N+]1(CCCS(=O)(=O)[O-])CC[N+](C)(CCCS(=O)(=O)[O-])CC1.C=C(C)C(=O)OCCOCCOCCOCC[N+](C)(C)CCCCS(=O)(=O)[O-].C=Cc1ccc(C[n+]2ccc(CCS(=O)(=O)[O-])cc2)cc1.C=NCCC[N+](C)(C)CCCS(=O)(=O)[O-]. The first-order chi connectivity index (χ1) is 47.4. The summed E-state index contributed by atoms with van der Waals surface area (Å²) in [7, 11) is -10.9. The van der Waals surface area contributed by atoms with Gasteiger partial charge in [-0.1, -0.05) is 102 Å². The molecule has 0 N–H and O–H groups in total. The summed E-state index contributed by atoms with van der Waals surface area (Å²) in [6.45, 7) is 30.6. The number of aromatic nitrogens is 1. The number of nitrogens with zero attached hydrogens (tertiary/aromatic N) is 6. The van der Waals surface area contributed by atoms with Crippen LogP contribution in [0.2, 0.25) is 0 Å². The number of piperazine rings is 1. The van der Waals surface area contributed by atoms with Gasteiger partial charge < -0.3 is 64.9 Å². The molecule has 2 aromatic rings. The Hall–Kier alpha value is -4.53. The number of carbonyl (C=O) groups excluding carboxylic acids is 2. The highest BCUT2D eigenvalue weighted by atomic mass is 32.2. The zero-order valence-electron chi connectivity index (χ0n) is 62.1. The van der Waals surface area contributed by atoms with E-state index in [4.69, 9.17) is 23.7 Å². The van der Waals surface area contributed by atoms with Crippen LogP contribution in [0.25, 0.3) is 6.08 Å². The molecule has 0 spiro atoms. The highest BCUT2D eigenvalue weighted by molar-refractivity contribution is 7.86. The van der Waals surface area contributed by atoms with Gasteiger partial charge in [-0.25, -0.2) is 56.2 Å². The summed E-state index contributed by atoms with van der Waals surface area (Å²) >= 11 is 0. The molecule has 28 nitrogen and oxygen atoms in total. The van der Waals surface area contributed by atoms with E-state index in [0.717, 1.165) is 69.5 Å². The average molecular weight is 1550 g/mol. The topological polar surface area (TPSA) is 383 Å². The number of benzene rings is 1. The summed E-state index contributed by atoms with van der Waals surface area (Å²) in [4.78, 5) is 27.5. The molecule has 102 heavy (non-hydrogen) atoms. The van der Waals surface area contributed by atoms with E-state index in [1.165, 1.54) is 37.7 Å². The fraction of sp³-hybridized carbons (Fsp3) is 0.710. The number of unbranched alkanes of at least 4 members (excludes halogenated alkanes) is 8. The van der Waals surface area contributed by atoms with E-state index in [2.05, 4.69) is 38.4 Å². The number of esters is 2. The monoisotopic (exact) mass is 1550 g/mol. The highest BCUT2D eigenvalue weighted by Gasteiger charge is 2.46. The minimum Gasteiger partial charge on any atom is -0.748 e. The first-order valence-electron chi connectivity index (χ1n) is 34.9. The smallest absolute Gasteiger partial charge is 0.337 e. The van der Waals surface area contributed by atoms with Crippen molar-refractivity contribution in [2.24, 2.45) is 4.99 Å². The van der Waals surface area contributed by atoms with Crippen LogP contribution >= 0.6 is 0 Å².